The van der Waals surface area contributed by atoms with Gasteiger partial charge >= 0.3 is 6.03 Å². The van der Waals surface area contributed by atoms with Gasteiger partial charge in [0, 0.05) is 50.8 Å². The summed E-state index contributed by atoms with van der Waals surface area (Å²) in [6.45, 7) is 4.09. The van der Waals surface area contributed by atoms with Crippen LogP contribution < -0.4 is 21.3 Å². The van der Waals surface area contributed by atoms with Crippen molar-refractivity contribution in [1.82, 2.24) is 30.7 Å². The van der Waals surface area contributed by atoms with Gasteiger partial charge in [0.15, 0.2) is 0 Å². The second-order valence-electron chi connectivity index (χ2n) is 7.16. The molecule has 10 heteroatoms. The molecule has 2 amide bonds. The van der Waals surface area contributed by atoms with Gasteiger partial charge in [-0.15, -0.1) is 5.10 Å². The summed E-state index contributed by atoms with van der Waals surface area (Å²) in [4.78, 5) is 20.3. The third-order valence-electron chi connectivity index (χ3n) is 5.27. The van der Waals surface area contributed by atoms with Gasteiger partial charge in [-0.25, -0.2) is 9.89 Å². The van der Waals surface area contributed by atoms with Crippen molar-refractivity contribution in [3.05, 3.63) is 34.9 Å². The van der Waals surface area contributed by atoms with Crippen molar-refractivity contribution >= 4 is 29.5 Å². The number of nitrogens with two attached hydrogens (primary N) is 1. The van der Waals surface area contributed by atoms with E-state index in [0.29, 0.717) is 24.5 Å². The molecule has 9 nitrogen and oxygen atoms in total. The van der Waals surface area contributed by atoms with Crippen LogP contribution in [0.3, 0.4) is 0 Å². The highest BCUT2D eigenvalue weighted by Gasteiger charge is 2.26. The Morgan fingerprint density at radius 1 is 1.31 bits per heavy atom. The number of nitrogen functional groups attached to an aromatic ring is 1. The first kappa shape index (κ1) is 21.2. The van der Waals surface area contributed by atoms with Crippen LogP contribution in [-0.4, -0.2) is 71.9 Å². The third kappa shape index (κ3) is 6.23. The van der Waals surface area contributed by atoms with E-state index in [1.54, 1.807) is 7.05 Å². The maximum Gasteiger partial charge on any atom is 0.314 e. The topological polar surface area (TPSA) is 115 Å². The van der Waals surface area contributed by atoms with Crippen molar-refractivity contribution in [2.24, 2.45) is 0 Å². The monoisotopic (exact) mass is 420 g/mol. The first-order valence-corrected chi connectivity index (χ1v) is 10.3. The molecule has 2 aromatic rings. The zero-order valence-electron chi connectivity index (χ0n) is 16.7. The van der Waals surface area contributed by atoms with E-state index in [1.165, 1.54) is 5.56 Å². The number of amides is 2. The second-order valence-corrected chi connectivity index (χ2v) is 7.59. The molecular weight excluding hydrogens is 392 g/mol. The normalized spacial score (nSPS) is 14.9. The molecule has 1 aromatic heterocycles. The fourth-order valence-corrected chi connectivity index (χ4v) is 3.77. The number of hydrogen-bond acceptors (Lipinski definition) is 6. The number of H-pyrrole nitrogens is 1. The van der Waals surface area contributed by atoms with Gasteiger partial charge in [0.2, 0.25) is 11.9 Å². The van der Waals surface area contributed by atoms with E-state index in [1.807, 2.05) is 12.1 Å². The number of aromatic nitrogens is 3. The molecule has 5 N–H and O–H groups in total. The number of benzene rings is 1. The number of carbonyl (C=O) groups excluding carboxylic acids is 1. The van der Waals surface area contributed by atoms with E-state index in [2.05, 4.69) is 47.7 Å². The van der Waals surface area contributed by atoms with Gasteiger partial charge in [-0.1, -0.05) is 23.7 Å². The van der Waals surface area contributed by atoms with Crippen LogP contribution in [0.1, 0.15) is 18.4 Å². The molecule has 0 saturated carbocycles. The number of urea groups is 1. The maximum atomic E-state index is 11.5. The average molecular weight is 421 g/mol. The highest BCUT2D eigenvalue weighted by molar-refractivity contribution is 6.30. The molecule has 0 unspecified atom stereocenters. The molecule has 158 valence electrons. The first-order valence-electron chi connectivity index (χ1n) is 9.92. The summed E-state index contributed by atoms with van der Waals surface area (Å²) in [5, 5.41) is 13.1. The van der Waals surface area contributed by atoms with E-state index >= 15 is 0 Å². The van der Waals surface area contributed by atoms with Gasteiger partial charge in [-0.05, 0) is 37.0 Å². The molecule has 0 spiro atoms. The predicted octanol–water partition coefficient (Wildman–Crippen LogP) is 1.48. The van der Waals surface area contributed by atoms with Crippen molar-refractivity contribution in [1.29, 1.82) is 0 Å². The van der Waals surface area contributed by atoms with E-state index in [9.17, 15) is 4.79 Å². The molecule has 29 heavy (non-hydrogen) atoms. The lowest BCUT2D eigenvalue weighted by atomic mass is 10.0. The Bertz CT molecular complexity index is 773. The van der Waals surface area contributed by atoms with Crippen LogP contribution in [0.25, 0.3) is 0 Å². The number of halogens is 1. The largest absolute Gasteiger partial charge is 0.368 e. The SMILES string of the molecule is CNC(=O)NCCN(CCc1ccc(Cl)cc1)C1CCN(c2n[nH]c(N)n2)CC1. The number of aromatic amines is 1. The molecule has 1 aliphatic heterocycles. The molecule has 1 aromatic carbocycles. The summed E-state index contributed by atoms with van der Waals surface area (Å²) < 4.78 is 0. The second kappa shape index (κ2) is 10.3. The van der Waals surface area contributed by atoms with Gasteiger partial charge < -0.3 is 21.3 Å². The Labute approximate surface area is 176 Å². The van der Waals surface area contributed by atoms with Crippen molar-refractivity contribution in [3.8, 4) is 0 Å². The van der Waals surface area contributed by atoms with Crippen LogP contribution in [0.4, 0.5) is 16.7 Å². The molecule has 0 atom stereocenters. The van der Waals surface area contributed by atoms with Gasteiger partial charge in [0.25, 0.3) is 0 Å². The Balaban J connectivity index is 1.56. The lowest BCUT2D eigenvalue weighted by molar-refractivity contribution is 0.170. The van der Waals surface area contributed by atoms with Crippen LogP contribution >= 0.6 is 11.6 Å². The number of anilines is 2. The molecule has 1 fully saturated rings. The Morgan fingerprint density at radius 2 is 2.03 bits per heavy atom. The predicted molar refractivity (Wildman–Crippen MR) is 115 cm³/mol. The van der Waals surface area contributed by atoms with Crippen molar-refractivity contribution in [3.63, 3.8) is 0 Å². The van der Waals surface area contributed by atoms with Gasteiger partial charge in [0.05, 0.1) is 0 Å². The number of nitrogens with one attached hydrogen (secondary N) is 3. The van der Waals surface area contributed by atoms with Crippen molar-refractivity contribution in [2.45, 2.75) is 25.3 Å². The summed E-state index contributed by atoms with van der Waals surface area (Å²) in [6.07, 6.45) is 2.96. The Morgan fingerprint density at radius 3 is 2.66 bits per heavy atom. The standard InChI is InChI=1S/C19H29ClN8O/c1-22-19(29)23-9-13-27(10-6-14-2-4-15(20)5-3-14)16-7-11-28(12-8-16)18-24-17(21)25-26-18/h2-5,16H,6-13H2,1H3,(H2,22,23,29)(H3,21,24,25,26). The fraction of sp³-hybridized carbons (Fsp3) is 0.526. The van der Waals surface area contributed by atoms with Gasteiger partial charge in [-0.2, -0.15) is 4.98 Å². The summed E-state index contributed by atoms with van der Waals surface area (Å²) in [6, 6.07) is 8.28. The lowest BCUT2D eigenvalue weighted by Gasteiger charge is -2.38. The van der Waals surface area contributed by atoms with E-state index in [-0.39, 0.29) is 6.03 Å². The number of nitrogens with zero attached hydrogens (tertiary/aromatic N) is 4. The maximum absolute atomic E-state index is 11.5. The summed E-state index contributed by atoms with van der Waals surface area (Å²) in [7, 11) is 1.62. The Hall–Kier alpha value is -2.52. The third-order valence-corrected chi connectivity index (χ3v) is 5.52. The number of hydrogen-bond donors (Lipinski definition) is 4. The number of piperidine rings is 1. The van der Waals surface area contributed by atoms with E-state index < -0.39 is 0 Å². The zero-order chi connectivity index (χ0) is 20.6. The van der Waals surface area contributed by atoms with Crippen LogP contribution in [-0.2, 0) is 6.42 Å². The highest BCUT2D eigenvalue weighted by Crippen LogP contribution is 2.21. The minimum absolute atomic E-state index is 0.153. The molecule has 1 aliphatic rings. The summed E-state index contributed by atoms with van der Waals surface area (Å²) in [5.74, 6) is 1.00. The van der Waals surface area contributed by atoms with Crippen LogP contribution in [0.5, 0.6) is 0 Å². The number of carbonyl (C=O) groups is 1. The highest BCUT2D eigenvalue weighted by atomic mass is 35.5. The minimum atomic E-state index is -0.153. The van der Waals surface area contributed by atoms with Crippen molar-refractivity contribution < 1.29 is 4.79 Å². The van der Waals surface area contributed by atoms with Crippen LogP contribution in [0.2, 0.25) is 5.02 Å². The summed E-state index contributed by atoms with van der Waals surface area (Å²) in [5.41, 5.74) is 6.90. The van der Waals surface area contributed by atoms with Crippen LogP contribution in [0, 0.1) is 0 Å². The van der Waals surface area contributed by atoms with Crippen LogP contribution in [0.15, 0.2) is 24.3 Å². The molecule has 0 radical (unpaired) electrons. The quantitative estimate of drug-likeness (QED) is 0.514. The van der Waals surface area contributed by atoms with Gasteiger partial charge in [-0.3, -0.25) is 4.90 Å². The Kier molecular flexibility index (Phi) is 7.54. The smallest absolute Gasteiger partial charge is 0.314 e. The average Bonchev–Trinajstić information content (AvgIpc) is 3.18. The molecular formula is C19H29ClN8O. The molecule has 3 rings (SSSR count). The zero-order valence-corrected chi connectivity index (χ0v) is 17.5. The van der Waals surface area contributed by atoms with E-state index in [4.69, 9.17) is 17.3 Å². The number of rotatable bonds is 8. The van der Waals surface area contributed by atoms with E-state index in [0.717, 1.165) is 50.5 Å². The molecule has 0 aliphatic carbocycles. The molecule has 0 bridgehead atoms. The molecule has 1 saturated heterocycles. The lowest BCUT2D eigenvalue weighted by Crippen LogP contribution is -2.48. The van der Waals surface area contributed by atoms with Gasteiger partial charge in [0.1, 0.15) is 0 Å². The summed E-state index contributed by atoms with van der Waals surface area (Å²) >= 11 is 5.99. The minimum Gasteiger partial charge on any atom is -0.368 e. The molecule has 2 heterocycles. The van der Waals surface area contributed by atoms with Crippen molar-refractivity contribution in [2.75, 3.05) is 50.4 Å². The first-order chi connectivity index (χ1) is 14.0. The fourth-order valence-electron chi connectivity index (χ4n) is 3.64.